The number of rotatable bonds is 0. The summed E-state index contributed by atoms with van der Waals surface area (Å²) in [6.07, 6.45) is 0. The van der Waals surface area contributed by atoms with Crippen molar-refractivity contribution in [3.05, 3.63) is 178 Å². The van der Waals surface area contributed by atoms with Crippen LogP contribution in [0, 0.1) is 20.8 Å². The van der Waals surface area contributed by atoms with E-state index in [4.69, 9.17) is 0 Å². The van der Waals surface area contributed by atoms with Gasteiger partial charge in [-0.3, -0.25) is 0 Å². The van der Waals surface area contributed by atoms with E-state index in [9.17, 15) is 0 Å². The third-order valence-corrected chi connectivity index (χ3v) is 10.6. The van der Waals surface area contributed by atoms with Crippen LogP contribution >= 0.6 is 0 Å². The molecule has 0 fully saturated rings. The molecule has 0 aliphatic rings. The first kappa shape index (κ1) is 51.8. The first-order valence-corrected chi connectivity index (χ1v) is 22.2. The van der Waals surface area contributed by atoms with Crippen LogP contribution in [0.3, 0.4) is 0 Å². The summed E-state index contributed by atoms with van der Waals surface area (Å²) in [6.45, 7) is 46.7. The molecule has 0 amide bonds. The van der Waals surface area contributed by atoms with Crippen LogP contribution in [0.25, 0.3) is 10.9 Å². The third-order valence-electron chi connectivity index (χ3n) is 10.6. The van der Waals surface area contributed by atoms with Crippen LogP contribution < -0.4 is 0 Å². The van der Waals surface area contributed by atoms with Gasteiger partial charge in [0.15, 0.2) is 0 Å². The minimum absolute atomic E-state index is 0.207. The lowest BCUT2D eigenvalue weighted by molar-refractivity contribution is 0.574. The Labute approximate surface area is 369 Å². The van der Waals surface area contributed by atoms with E-state index in [2.05, 4.69) is 278 Å². The van der Waals surface area contributed by atoms with Gasteiger partial charge in [-0.1, -0.05) is 257 Å². The van der Waals surface area contributed by atoms with E-state index in [0.29, 0.717) is 5.41 Å². The smallest absolute Gasteiger partial charge is 0.0456 e. The second-order valence-electron chi connectivity index (χ2n) is 23.0. The summed E-state index contributed by atoms with van der Waals surface area (Å²) >= 11 is 0. The summed E-state index contributed by atoms with van der Waals surface area (Å²) in [4.78, 5) is 3.44. The Morgan fingerprint density at radius 2 is 0.617 bits per heavy atom. The average molecular weight is 808 g/mol. The molecule has 326 valence electrons. The number of aromatic nitrogens is 1. The normalized spacial score (nSPS) is 12.1. The second-order valence-corrected chi connectivity index (χ2v) is 23.0. The van der Waals surface area contributed by atoms with E-state index in [1.807, 2.05) is 0 Å². The minimum atomic E-state index is 0.207. The van der Waals surface area contributed by atoms with E-state index in [1.54, 1.807) is 0 Å². The maximum absolute atomic E-state index is 3.44. The second kappa shape index (κ2) is 20.9. The summed E-state index contributed by atoms with van der Waals surface area (Å²) in [5, 5.41) is 1.30. The van der Waals surface area contributed by atoms with Crippen LogP contribution in [0.4, 0.5) is 0 Å². The summed E-state index contributed by atoms with van der Waals surface area (Å²) in [6, 6.07) is 45.7. The Bertz CT molecular complexity index is 2050. The molecule has 6 aromatic rings. The number of H-pyrrole nitrogens is 1. The fraction of sp³-hybridized carbons (Fsp3) is 0.458. The zero-order valence-electron chi connectivity index (χ0n) is 42.1. The molecule has 6 rings (SSSR count). The molecule has 0 aliphatic carbocycles. The van der Waals surface area contributed by atoms with Crippen molar-refractivity contribution < 1.29 is 0 Å². The Hall–Kier alpha value is -4.36. The van der Waals surface area contributed by atoms with Gasteiger partial charge >= 0.3 is 0 Å². The Morgan fingerprint density at radius 3 is 0.950 bits per heavy atom. The minimum Gasteiger partial charge on any atom is -0.358 e. The van der Waals surface area contributed by atoms with Crippen molar-refractivity contribution in [1.29, 1.82) is 0 Å². The van der Waals surface area contributed by atoms with Crippen LogP contribution in [0.1, 0.15) is 175 Å². The SMILES string of the molecule is CC(C)(C)c1cc2ccccc2[nH]1.CC(C)(C)c1ccc(C(C)(C)C)cc1.CC(C)(C)c1ccccc1.Cc1cc(C)cc(C(C)(C)C)c1.Cc1ccc(C(C)(C)C)cc1. The molecular formula is C59H85N. The zero-order valence-corrected chi connectivity index (χ0v) is 42.1. The van der Waals surface area contributed by atoms with E-state index in [-0.39, 0.29) is 27.1 Å². The molecule has 0 saturated carbocycles. The lowest BCUT2D eigenvalue weighted by Gasteiger charge is -2.23. The number of hydrogen-bond acceptors (Lipinski definition) is 0. The Morgan fingerprint density at radius 1 is 0.283 bits per heavy atom. The van der Waals surface area contributed by atoms with Gasteiger partial charge in [-0.2, -0.15) is 0 Å². The molecule has 1 heterocycles. The highest BCUT2D eigenvalue weighted by atomic mass is 14.7. The van der Waals surface area contributed by atoms with Gasteiger partial charge in [0, 0.05) is 16.6 Å². The molecule has 0 saturated heterocycles. The summed E-state index contributed by atoms with van der Waals surface area (Å²) in [5.74, 6) is 0. The molecule has 5 aromatic carbocycles. The third kappa shape index (κ3) is 18.1. The molecule has 1 aromatic heterocycles. The van der Waals surface area contributed by atoms with Crippen molar-refractivity contribution in [2.75, 3.05) is 0 Å². The highest BCUT2D eigenvalue weighted by Gasteiger charge is 2.18. The van der Waals surface area contributed by atoms with Crippen LogP contribution in [-0.4, -0.2) is 4.98 Å². The Kier molecular flexibility index (Phi) is 18.1. The van der Waals surface area contributed by atoms with Crippen LogP contribution in [0.15, 0.2) is 127 Å². The molecule has 0 atom stereocenters. The lowest BCUT2D eigenvalue weighted by Crippen LogP contribution is -2.14. The molecule has 0 radical (unpaired) electrons. The fourth-order valence-corrected chi connectivity index (χ4v) is 6.35. The number of aromatic amines is 1. The standard InChI is InChI=1S/C14H22.C12H15N.C12H18.C11H16.C10H14/c1-13(2,3)11-7-9-12(10-8-11)14(4,5)6;1-12(2,3)11-8-9-6-4-5-7-10(9)13-11;1-9-6-10(2)8-11(7-9)12(3,4)5;1-9-5-7-10(8-6-9)11(2,3)4;1-10(2,3)9-7-5-4-6-8-9/h7-10H,1-6H3;4-8,13H,1-3H3;6-8H,1-5H3;5-8H,1-4H3;4-8H,1-3H3. The van der Waals surface area contributed by atoms with E-state index < -0.39 is 0 Å². The molecule has 1 heteroatoms. The van der Waals surface area contributed by atoms with Gasteiger partial charge in [0.1, 0.15) is 0 Å². The lowest BCUT2D eigenvalue weighted by atomic mass is 9.82. The summed E-state index contributed by atoms with van der Waals surface area (Å²) in [5.41, 5.74) is 15.2. The van der Waals surface area contributed by atoms with Crippen LogP contribution in [0.2, 0.25) is 0 Å². The highest BCUT2D eigenvalue weighted by Crippen LogP contribution is 2.28. The van der Waals surface area contributed by atoms with Crippen molar-refractivity contribution in [3.8, 4) is 0 Å². The predicted molar refractivity (Wildman–Crippen MR) is 270 cm³/mol. The van der Waals surface area contributed by atoms with Crippen molar-refractivity contribution in [2.45, 2.75) is 178 Å². The molecule has 60 heavy (non-hydrogen) atoms. The fourth-order valence-electron chi connectivity index (χ4n) is 6.35. The topological polar surface area (TPSA) is 15.8 Å². The van der Waals surface area contributed by atoms with Gasteiger partial charge < -0.3 is 4.98 Å². The van der Waals surface area contributed by atoms with Crippen molar-refractivity contribution >= 4 is 10.9 Å². The van der Waals surface area contributed by atoms with Crippen LogP contribution in [0.5, 0.6) is 0 Å². The maximum atomic E-state index is 3.44. The molecule has 0 unspecified atom stereocenters. The molecule has 0 spiro atoms. The Balaban J connectivity index is 0.000000260. The largest absolute Gasteiger partial charge is 0.358 e. The predicted octanol–water partition coefficient (Wildman–Crippen LogP) is 17.6. The molecule has 0 bridgehead atoms. The van der Waals surface area contributed by atoms with Crippen molar-refractivity contribution in [2.24, 2.45) is 0 Å². The van der Waals surface area contributed by atoms with Gasteiger partial charge in [0.05, 0.1) is 0 Å². The maximum Gasteiger partial charge on any atom is 0.0456 e. The number of aryl methyl sites for hydroxylation is 3. The highest BCUT2D eigenvalue weighted by molar-refractivity contribution is 5.80. The van der Waals surface area contributed by atoms with Gasteiger partial charge in [-0.25, -0.2) is 0 Å². The van der Waals surface area contributed by atoms with E-state index in [0.717, 1.165) is 0 Å². The average Bonchev–Trinajstić information content (AvgIpc) is 3.57. The monoisotopic (exact) mass is 808 g/mol. The number of para-hydroxylation sites is 1. The van der Waals surface area contributed by atoms with E-state index >= 15 is 0 Å². The van der Waals surface area contributed by atoms with Crippen molar-refractivity contribution in [3.63, 3.8) is 0 Å². The summed E-state index contributed by atoms with van der Waals surface area (Å²) in [7, 11) is 0. The van der Waals surface area contributed by atoms with Gasteiger partial charge in [-0.15, -0.1) is 0 Å². The van der Waals surface area contributed by atoms with E-state index in [1.165, 1.54) is 61.1 Å². The number of nitrogens with one attached hydrogen (secondary N) is 1. The molecule has 0 aliphatic heterocycles. The summed E-state index contributed by atoms with van der Waals surface area (Å²) < 4.78 is 0. The first-order valence-electron chi connectivity index (χ1n) is 22.2. The van der Waals surface area contributed by atoms with Gasteiger partial charge in [-0.05, 0) is 93.2 Å². The van der Waals surface area contributed by atoms with Crippen LogP contribution in [-0.2, 0) is 32.5 Å². The molecule has 1 nitrogen and oxygen atoms in total. The quantitative estimate of drug-likeness (QED) is 0.157. The van der Waals surface area contributed by atoms with Gasteiger partial charge in [0.25, 0.3) is 0 Å². The zero-order chi connectivity index (χ0) is 45.9. The number of fused-ring (bicyclic) bond motifs is 1. The van der Waals surface area contributed by atoms with Crippen molar-refractivity contribution in [1.82, 2.24) is 4.98 Å². The number of hydrogen-bond donors (Lipinski definition) is 1. The van der Waals surface area contributed by atoms with Gasteiger partial charge in [0.2, 0.25) is 0 Å². The number of benzene rings is 5. The molecular weight excluding hydrogens is 723 g/mol. The molecule has 1 N–H and O–H groups in total. The first-order chi connectivity index (χ1) is 27.3.